The van der Waals surface area contributed by atoms with Crippen LogP contribution in [0.25, 0.3) is 10.6 Å². The molecule has 2 aromatic rings. The molecule has 0 aliphatic heterocycles. The average Bonchev–Trinajstić information content (AvgIpc) is 2.95. The van der Waals surface area contributed by atoms with E-state index in [1.165, 1.54) is 0 Å². The molecule has 0 amide bonds. The molecule has 1 aliphatic rings. The molecular formula is C19H19ClO4. The Morgan fingerprint density at radius 2 is 1.33 bits per heavy atom. The van der Waals surface area contributed by atoms with Crippen molar-refractivity contribution in [1.82, 2.24) is 0 Å². The number of benzene rings is 2. The first-order valence-corrected chi connectivity index (χ1v) is 7.87. The molecule has 1 aliphatic carbocycles. The standard InChI is InChI=1S/C19H19ClO4/c1-21-15-6-5-11(8-16(15)22-2)13-7-12-9-17(23-3)18(24-4)10-14(12)19(13)20/h5-6,8-10H,7H2,1-4H3. The SMILES string of the molecule is COc1ccc(C2=C(Cl)c3cc(OC)c(OC)cc3C2)cc1OC. The lowest BCUT2D eigenvalue weighted by molar-refractivity contribution is 0.354. The van der Waals surface area contributed by atoms with Gasteiger partial charge in [-0.3, -0.25) is 0 Å². The maximum Gasteiger partial charge on any atom is 0.161 e. The highest BCUT2D eigenvalue weighted by Crippen LogP contribution is 2.46. The number of ether oxygens (including phenoxy) is 4. The second-order valence-corrected chi connectivity index (χ2v) is 5.78. The zero-order chi connectivity index (χ0) is 17.3. The molecule has 0 unspecified atom stereocenters. The third-order valence-electron chi connectivity index (χ3n) is 4.21. The summed E-state index contributed by atoms with van der Waals surface area (Å²) >= 11 is 6.65. The van der Waals surface area contributed by atoms with Crippen LogP contribution >= 0.6 is 11.6 Å². The van der Waals surface area contributed by atoms with Gasteiger partial charge < -0.3 is 18.9 Å². The van der Waals surface area contributed by atoms with Crippen molar-refractivity contribution in [3.05, 3.63) is 47.0 Å². The van der Waals surface area contributed by atoms with Gasteiger partial charge in [0, 0.05) is 12.0 Å². The van der Waals surface area contributed by atoms with E-state index < -0.39 is 0 Å². The van der Waals surface area contributed by atoms with Gasteiger partial charge in [-0.15, -0.1) is 0 Å². The molecule has 0 spiro atoms. The molecule has 0 N–H and O–H groups in total. The summed E-state index contributed by atoms with van der Waals surface area (Å²) in [4.78, 5) is 0. The lowest BCUT2D eigenvalue weighted by Gasteiger charge is -2.10. The van der Waals surface area contributed by atoms with Crippen LogP contribution in [0.1, 0.15) is 16.7 Å². The van der Waals surface area contributed by atoms with E-state index in [-0.39, 0.29) is 0 Å². The fourth-order valence-electron chi connectivity index (χ4n) is 2.95. The summed E-state index contributed by atoms with van der Waals surface area (Å²) in [5, 5.41) is 0.721. The topological polar surface area (TPSA) is 36.9 Å². The van der Waals surface area contributed by atoms with Gasteiger partial charge in [0.15, 0.2) is 23.0 Å². The van der Waals surface area contributed by atoms with Crippen molar-refractivity contribution in [3.63, 3.8) is 0 Å². The van der Waals surface area contributed by atoms with Gasteiger partial charge in [-0.1, -0.05) is 17.7 Å². The lowest BCUT2D eigenvalue weighted by atomic mass is 10.0. The smallest absolute Gasteiger partial charge is 0.161 e. The predicted octanol–water partition coefficient (Wildman–Crippen LogP) is 4.38. The van der Waals surface area contributed by atoms with Gasteiger partial charge in [-0.05, 0) is 41.0 Å². The Morgan fingerprint density at radius 1 is 0.750 bits per heavy atom. The Bertz CT molecular complexity index is 811. The summed E-state index contributed by atoms with van der Waals surface area (Å²) in [6, 6.07) is 9.71. The normalized spacial score (nSPS) is 12.9. The van der Waals surface area contributed by atoms with E-state index in [0.717, 1.165) is 33.7 Å². The van der Waals surface area contributed by atoms with E-state index in [1.807, 2.05) is 30.3 Å². The number of fused-ring (bicyclic) bond motifs is 1. The Balaban J connectivity index is 2.06. The summed E-state index contributed by atoms with van der Waals surface area (Å²) in [5.74, 6) is 2.74. The largest absolute Gasteiger partial charge is 0.493 e. The molecule has 0 saturated carbocycles. The highest BCUT2D eigenvalue weighted by Gasteiger charge is 2.24. The van der Waals surface area contributed by atoms with Crippen LogP contribution in [0.15, 0.2) is 30.3 Å². The first-order chi connectivity index (χ1) is 11.6. The van der Waals surface area contributed by atoms with Gasteiger partial charge in [0.1, 0.15) is 0 Å². The summed E-state index contributed by atoms with van der Waals surface area (Å²) < 4.78 is 21.4. The second-order valence-electron chi connectivity index (χ2n) is 5.40. The van der Waals surface area contributed by atoms with Crippen LogP contribution in [0.2, 0.25) is 0 Å². The molecule has 0 bridgehead atoms. The molecule has 4 nitrogen and oxygen atoms in total. The molecule has 0 heterocycles. The van der Waals surface area contributed by atoms with Crippen molar-refractivity contribution >= 4 is 22.2 Å². The third kappa shape index (κ3) is 2.67. The number of rotatable bonds is 5. The van der Waals surface area contributed by atoms with Gasteiger partial charge in [-0.25, -0.2) is 0 Å². The summed E-state index contributed by atoms with van der Waals surface area (Å²) in [6.45, 7) is 0. The van der Waals surface area contributed by atoms with Crippen molar-refractivity contribution in [3.8, 4) is 23.0 Å². The van der Waals surface area contributed by atoms with Gasteiger partial charge in [0.05, 0.1) is 33.5 Å². The summed E-state index contributed by atoms with van der Waals surface area (Å²) in [6.07, 6.45) is 0.726. The lowest BCUT2D eigenvalue weighted by Crippen LogP contribution is -1.94. The number of allylic oxidation sites excluding steroid dienone is 1. The highest BCUT2D eigenvalue weighted by molar-refractivity contribution is 6.53. The van der Waals surface area contributed by atoms with Crippen molar-refractivity contribution in [2.24, 2.45) is 0 Å². The van der Waals surface area contributed by atoms with Crippen molar-refractivity contribution in [2.75, 3.05) is 28.4 Å². The van der Waals surface area contributed by atoms with E-state index >= 15 is 0 Å². The molecule has 2 aromatic carbocycles. The van der Waals surface area contributed by atoms with E-state index in [1.54, 1.807) is 28.4 Å². The first kappa shape index (κ1) is 16.5. The van der Waals surface area contributed by atoms with Gasteiger partial charge in [0.2, 0.25) is 0 Å². The molecule has 0 aromatic heterocycles. The highest BCUT2D eigenvalue weighted by atomic mass is 35.5. The molecule has 0 atom stereocenters. The summed E-state index contributed by atoms with van der Waals surface area (Å²) in [5.41, 5.74) is 4.14. The Kier molecular flexibility index (Phi) is 4.58. The maximum atomic E-state index is 6.65. The van der Waals surface area contributed by atoms with Crippen molar-refractivity contribution in [2.45, 2.75) is 6.42 Å². The van der Waals surface area contributed by atoms with Gasteiger partial charge in [-0.2, -0.15) is 0 Å². The zero-order valence-corrected chi connectivity index (χ0v) is 14.9. The van der Waals surface area contributed by atoms with Gasteiger partial charge >= 0.3 is 0 Å². The molecule has 5 heteroatoms. The predicted molar refractivity (Wildman–Crippen MR) is 95.5 cm³/mol. The zero-order valence-electron chi connectivity index (χ0n) is 14.1. The molecule has 24 heavy (non-hydrogen) atoms. The Morgan fingerprint density at radius 3 is 1.96 bits per heavy atom. The van der Waals surface area contributed by atoms with Crippen LogP contribution < -0.4 is 18.9 Å². The Labute approximate surface area is 146 Å². The number of hydrogen-bond acceptors (Lipinski definition) is 4. The van der Waals surface area contributed by atoms with Crippen LogP contribution in [0.3, 0.4) is 0 Å². The molecule has 3 rings (SSSR count). The van der Waals surface area contributed by atoms with E-state index in [9.17, 15) is 0 Å². The minimum Gasteiger partial charge on any atom is -0.493 e. The molecule has 0 radical (unpaired) electrons. The van der Waals surface area contributed by atoms with Crippen LogP contribution in [-0.4, -0.2) is 28.4 Å². The van der Waals surface area contributed by atoms with E-state index in [0.29, 0.717) is 23.0 Å². The van der Waals surface area contributed by atoms with Crippen molar-refractivity contribution in [1.29, 1.82) is 0 Å². The van der Waals surface area contributed by atoms with Crippen molar-refractivity contribution < 1.29 is 18.9 Å². The van der Waals surface area contributed by atoms with Crippen LogP contribution in [0, 0.1) is 0 Å². The van der Waals surface area contributed by atoms with E-state index in [2.05, 4.69) is 0 Å². The number of halogens is 1. The number of methoxy groups -OCH3 is 4. The average molecular weight is 347 g/mol. The first-order valence-electron chi connectivity index (χ1n) is 7.49. The summed E-state index contributed by atoms with van der Waals surface area (Å²) in [7, 11) is 6.49. The minimum atomic E-state index is 0.669. The third-order valence-corrected chi connectivity index (χ3v) is 4.64. The van der Waals surface area contributed by atoms with Crippen LogP contribution in [0.4, 0.5) is 0 Å². The number of hydrogen-bond donors (Lipinski definition) is 0. The van der Waals surface area contributed by atoms with Crippen LogP contribution in [0.5, 0.6) is 23.0 Å². The molecule has 126 valence electrons. The minimum absolute atomic E-state index is 0.669. The molecule has 0 saturated heterocycles. The fraction of sp³-hybridized carbons (Fsp3) is 0.263. The Hall–Kier alpha value is -2.33. The van der Waals surface area contributed by atoms with Gasteiger partial charge in [0.25, 0.3) is 0 Å². The fourth-order valence-corrected chi connectivity index (χ4v) is 3.31. The second kappa shape index (κ2) is 6.65. The van der Waals surface area contributed by atoms with E-state index in [4.69, 9.17) is 30.5 Å². The molecular weight excluding hydrogens is 328 g/mol. The maximum absolute atomic E-state index is 6.65. The van der Waals surface area contributed by atoms with Crippen LogP contribution in [-0.2, 0) is 6.42 Å². The monoisotopic (exact) mass is 346 g/mol. The molecule has 0 fully saturated rings. The quantitative estimate of drug-likeness (QED) is 0.805.